The first-order valence-corrected chi connectivity index (χ1v) is 6.39. The zero-order valence-electron chi connectivity index (χ0n) is 11.1. The van der Waals surface area contributed by atoms with E-state index in [0.29, 0.717) is 18.1 Å². The number of aromatic hydroxyl groups is 1. The van der Waals surface area contributed by atoms with E-state index in [1.807, 2.05) is 24.3 Å². The number of aromatic nitrogens is 2. The van der Waals surface area contributed by atoms with Gasteiger partial charge in [0.25, 0.3) is 0 Å². The maximum absolute atomic E-state index is 9.47. The highest BCUT2D eigenvalue weighted by Gasteiger charge is 2.10. The van der Waals surface area contributed by atoms with Crippen LogP contribution in [0.15, 0.2) is 53.1 Å². The summed E-state index contributed by atoms with van der Waals surface area (Å²) >= 11 is 0. The fraction of sp³-hybridized carbons (Fsp3) is 0.125. The maximum atomic E-state index is 9.47. The minimum absolute atomic E-state index is 0.188. The minimum Gasteiger partial charge on any atom is -0.508 e. The minimum atomic E-state index is 0.188. The summed E-state index contributed by atoms with van der Waals surface area (Å²) in [7, 11) is 0. The second-order valence-corrected chi connectivity index (χ2v) is 4.67. The number of aryl methyl sites for hydroxylation is 1. The Bertz CT molecular complexity index is 735. The van der Waals surface area contributed by atoms with E-state index in [1.165, 1.54) is 11.1 Å². The SMILES string of the molecule is Cc1ccccc1Cc1nc(-c2cccc(O)c2)no1. The third-order valence-electron chi connectivity index (χ3n) is 3.18. The first kappa shape index (κ1) is 12.4. The summed E-state index contributed by atoms with van der Waals surface area (Å²) in [6.45, 7) is 2.06. The molecule has 4 nitrogen and oxygen atoms in total. The smallest absolute Gasteiger partial charge is 0.231 e. The Kier molecular flexibility index (Phi) is 3.21. The van der Waals surface area contributed by atoms with E-state index in [1.54, 1.807) is 18.2 Å². The summed E-state index contributed by atoms with van der Waals surface area (Å²) in [6.07, 6.45) is 0.610. The number of nitrogens with zero attached hydrogens (tertiary/aromatic N) is 2. The van der Waals surface area contributed by atoms with Crippen molar-refractivity contribution in [1.82, 2.24) is 10.1 Å². The molecule has 20 heavy (non-hydrogen) atoms. The zero-order chi connectivity index (χ0) is 13.9. The molecule has 0 radical (unpaired) electrons. The fourth-order valence-electron chi connectivity index (χ4n) is 2.06. The predicted octanol–water partition coefficient (Wildman–Crippen LogP) is 3.34. The van der Waals surface area contributed by atoms with E-state index >= 15 is 0 Å². The van der Waals surface area contributed by atoms with Crippen molar-refractivity contribution in [2.75, 3.05) is 0 Å². The van der Waals surface area contributed by atoms with Gasteiger partial charge in [-0.25, -0.2) is 0 Å². The van der Waals surface area contributed by atoms with Crippen molar-refractivity contribution in [3.8, 4) is 17.1 Å². The van der Waals surface area contributed by atoms with Gasteiger partial charge in [0.2, 0.25) is 11.7 Å². The molecule has 0 fully saturated rings. The van der Waals surface area contributed by atoms with Gasteiger partial charge in [-0.15, -0.1) is 0 Å². The second kappa shape index (κ2) is 5.17. The molecule has 2 aromatic carbocycles. The van der Waals surface area contributed by atoms with Crippen LogP contribution in [0.3, 0.4) is 0 Å². The molecular weight excluding hydrogens is 252 g/mol. The van der Waals surface area contributed by atoms with Crippen molar-refractivity contribution in [3.63, 3.8) is 0 Å². The van der Waals surface area contributed by atoms with Crippen LogP contribution in [0.1, 0.15) is 17.0 Å². The van der Waals surface area contributed by atoms with E-state index in [-0.39, 0.29) is 5.75 Å². The molecule has 1 heterocycles. The molecule has 3 aromatic rings. The van der Waals surface area contributed by atoms with Crippen LogP contribution >= 0.6 is 0 Å². The molecular formula is C16H14N2O2. The number of phenolic OH excluding ortho intramolecular Hbond substituents is 1. The summed E-state index contributed by atoms with van der Waals surface area (Å²) in [4.78, 5) is 4.37. The van der Waals surface area contributed by atoms with Crippen LogP contribution in [0, 0.1) is 6.92 Å². The van der Waals surface area contributed by atoms with Gasteiger partial charge in [0.15, 0.2) is 0 Å². The Morgan fingerprint density at radius 1 is 1.10 bits per heavy atom. The topological polar surface area (TPSA) is 59.2 Å². The largest absolute Gasteiger partial charge is 0.508 e. The summed E-state index contributed by atoms with van der Waals surface area (Å²) in [5.74, 6) is 1.25. The van der Waals surface area contributed by atoms with Gasteiger partial charge < -0.3 is 9.63 Å². The lowest BCUT2D eigenvalue weighted by Gasteiger charge is -2.00. The van der Waals surface area contributed by atoms with Crippen LogP contribution in [0.4, 0.5) is 0 Å². The summed E-state index contributed by atoms with van der Waals surface area (Å²) in [5.41, 5.74) is 3.10. The highest BCUT2D eigenvalue weighted by Crippen LogP contribution is 2.21. The number of hydrogen-bond donors (Lipinski definition) is 1. The number of rotatable bonds is 3. The highest BCUT2D eigenvalue weighted by molar-refractivity contribution is 5.56. The van der Waals surface area contributed by atoms with Crippen LogP contribution in [-0.4, -0.2) is 15.2 Å². The number of phenols is 1. The van der Waals surface area contributed by atoms with Gasteiger partial charge in [0, 0.05) is 5.56 Å². The third-order valence-corrected chi connectivity index (χ3v) is 3.18. The summed E-state index contributed by atoms with van der Waals surface area (Å²) in [5, 5.41) is 13.4. The molecule has 0 unspecified atom stereocenters. The van der Waals surface area contributed by atoms with Crippen molar-refractivity contribution < 1.29 is 9.63 Å². The molecule has 0 amide bonds. The van der Waals surface area contributed by atoms with E-state index in [2.05, 4.69) is 23.1 Å². The first-order chi connectivity index (χ1) is 9.72. The van der Waals surface area contributed by atoms with Crippen LogP contribution in [0.5, 0.6) is 5.75 Å². The molecule has 1 N–H and O–H groups in total. The molecule has 0 aliphatic carbocycles. The molecule has 0 bridgehead atoms. The van der Waals surface area contributed by atoms with E-state index in [9.17, 15) is 5.11 Å². The Hall–Kier alpha value is -2.62. The van der Waals surface area contributed by atoms with Crippen molar-refractivity contribution in [1.29, 1.82) is 0 Å². The van der Waals surface area contributed by atoms with Crippen molar-refractivity contribution in [2.45, 2.75) is 13.3 Å². The van der Waals surface area contributed by atoms with Gasteiger partial charge >= 0.3 is 0 Å². The lowest BCUT2D eigenvalue weighted by atomic mass is 10.1. The molecule has 0 saturated heterocycles. The lowest BCUT2D eigenvalue weighted by molar-refractivity contribution is 0.385. The zero-order valence-corrected chi connectivity index (χ0v) is 11.1. The van der Waals surface area contributed by atoms with Crippen LogP contribution in [0.2, 0.25) is 0 Å². The Morgan fingerprint density at radius 3 is 2.75 bits per heavy atom. The van der Waals surface area contributed by atoms with Crippen LogP contribution in [0.25, 0.3) is 11.4 Å². The molecule has 0 spiro atoms. The van der Waals surface area contributed by atoms with Crippen molar-refractivity contribution in [2.24, 2.45) is 0 Å². The van der Waals surface area contributed by atoms with Gasteiger partial charge in [-0.3, -0.25) is 0 Å². The van der Waals surface area contributed by atoms with Crippen LogP contribution in [-0.2, 0) is 6.42 Å². The quantitative estimate of drug-likeness (QED) is 0.789. The fourth-order valence-corrected chi connectivity index (χ4v) is 2.06. The predicted molar refractivity (Wildman–Crippen MR) is 75.4 cm³/mol. The first-order valence-electron chi connectivity index (χ1n) is 6.39. The molecule has 100 valence electrons. The van der Waals surface area contributed by atoms with Crippen LogP contribution < -0.4 is 0 Å². The van der Waals surface area contributed by atoms with Crippen molar-refractivity contribution in [3.05, 3.63) is 65.5 Å². The monoisotopic (exact) mass is 266 g/mol. The standard InChI is InChI=1S/C16H14N2O2/c1-11-5-2-3-6-12(11)10-15-17-16(18-20-15)13-7-4-8-14(19)9-13/h2-9,19H,10H2,1H3. The number of benzene rings is 2. The second-order valence-electron chi connectivity index (χ2n) is 4.67. The Morgan fingerprint density at radius 2 is 1.95 bits per heavy atom. The van der Waals surface area contributed by atoms with Gasteiger partial charge in [-0.2, -0.15) is 4.98 Å². The third kappa shape index (κ3) is 2.54. The summed E-state index contributed by atoms with van der Waals surface area (Å²) in [6, 6.07) is 14.9. The molecule has 1 aromatic heterocycles. The molecule has 0 saturated carbocycles. The Labute approximate surface area is 116 Å². The average molecular weight is 266 g/mol. The van der Waals surface area contributed by atoms with Gasteiger partial charge in [0.05, 0.1) is 6.42 Å². The highest BCUT2D eigenvalue weighted by atomic mass is 16.5. The molecule has 0 atom stereocenters. The number of hydrogen-bond acceptors (Lipinski definition) is 4. The molecule has 0 aliphatic rings. The van der Waals surface area contributed by atoms with Gasteiger partial charge in [-0.1, -0.05) is 41.6 Å². The Balaban J connectivity index is 1.86. The van der Waals surface area contributed by atoms with Gasteiger partial charge in [0.1, 0.15) is 5.75 Å². The van der Waals surface area contributed by atoms with Crippen molar-refractivity contribution >= 4 is 0 Å². The van der Waals surface area contributed by atoms with E-state index < -0.39 is 0 Å². The van der Waals surface area contributed by atoms with Gasteiger partial charge in [-0.05, 0) is 30.2 Å². The molecule has 4 heteroatoms. The maximum Gasteiger partial charge on any atom is 0.231 e. The summed E-state index contributed by atoms with van der Waals surface area (Å²) < 4.78 is 5.28. The lowest BCUT2D eigenvalue weighted by Crippen LogP contribution is -1.91. The molecule has 0 aliphatic heterocycles. The van der Waals surface area contributed by atoms with E-state index in [0.717, 1.165) is 5.56 Å². The molecule has 3 rings (SSSR count). The van der Waals surface area contributed by atoms with E-state index in [4.69, 9.17) is 4.52 Å². The average Bonchev–Trinajstić information content (AvgIpc) is 2.90. The normalized spacial score (nSPS) is 10.7.